The summed E-state index contributed by atoms with van der Waals surface area (Å²) in [6.07, 6.45) is 1.42. The Morgan fingerprint density at radius 3 is 2.49 bits per heavy atom. The number of urea groups is 1. The van der Waals surface area contributed by atoms with Crippen LogP contribution in [0.4, 0.5) is 10.5 Å². The number of hydrogen-bond acceptors (Lipinski definition) is 5. The number of ether oxygens (including phenoxy) is 2. The summed E-state index contributed by atoms with van der Waals surface area (Å²) in [5.41, 5.74) is 3.27. The van der Waals surface area contributed by atoms with Crippen LogP contribution in [0, 0.1) is 13.8 Å². The van der Waals surface area contributed by atoms with Crippen LogP contribution in [0.1, 0.15) is 29.2 Å². The van der Waals surface area contributed by atoms with Gasteiger partial charge in [-0.05, 0) is 78.2 Å². The van der Waals surface area contributed by atoms with Gasteiger partial charge in [-0.2, -0.15) is 0 Å². The lowest BCUT2D eigenvalue weighted by Crippen LogP contribution is -2.54. The lowest BCUT2D eigenvalue weighted by atomic mass is 10.0. The fourth-order valence-electron chi connectivity index (χ4n) is 3.94. The first-order valence-electron chi connectivity index (χ1n) is 11.5. The van der Waals surface area contributed by atoms with E-state index in [0.717, 1.165) is 21.6 Å². The number of aryl methyl sites for hydroxylation is 2. The number of imide groups is 2. The third-order valence-electron chi connectivity index (χ3n) is 5.67. The zero-order valence-corrected chi connectivity index (χ0v) is 22.8. The van der Waals surface area contributed by atoms with Crippen molar-refractivity contribution >= 4 is 57.1 Å². The molecule has 0 spiro atoms. The van der Waals surface area contributed by atoms with E-state index in [1.807, 2.05) is 38.1 Å². The molecule has 0 radical (unpaired) electrons. The van der Waals surface area contributed by atoms with Crippen molar-refractivity contribution in [2.45, 2.75) is 27.4 Å². The summed E-state index contributed by atoms with van der Waals surface area (Å²) in [5, 5.41) is 2.84. The van der Waals surface area contributed by atoms with E-state index in [-0.39, 0.29) is 12.2 Å². The van der Waals surface area contributed by atoms with E-state index in [4.69, 9.17) is 21.1 Å². The Kier molecular flexibility index (Phi) is 8.00. The van der Waals surface area contributed by atoms with Gasteiger partial charge >= 0.3 is 6.03 Å². The maximum Gasteiger partial charge on any atom is 0.335 e. The van der Waals surface area contributed by atoms with Gasteiger partial charge in [-0.3, -0.25) is 14.9 Å². The number of carbonyl (C=O) groups excluding carboxylic acids is 3. The summed E-state index contributed by atoms with van der Waals surface area (Å²) in [7, 11) is 0. The van der Waals surface area contributed by atoms with E-state index in [1.165, 1.54) is 6.08 Å². The molecule has 9 heteroatoms. The van der Waals surface area contributed by atoms with Crippen molar-refractivity contribution < 1.29 is 23.9 Å². The number of amides is 4. The van der Waals surface area contributed by atoms with Gasteiger partial charge in [-0.15, -0.1) is 0 Å². The summed E-state index contributed by atoms with van der Waals surface area (Å²) in [4.78, 5) is 39.6. The highest BCUT2D eigenvalue weighted by Gasteiger charge is 2.37. The first-order chi connectivity index (χ1) is 17.7. The molecule has 0 aromatic heterocycles. The van der Waals surface area contributed by atoms with Crippen molar-refractivity contribution in [1.82, 2.24) is 5.32 Å². The molecule has 3 aromatic carbocycles. The fraction of sp³-hybridized carbons (Fsp3) is 0.179. The van der Waals surface area contributed by atoms with Gasteiger partial charge in [0.15, 0.2) is 11.5 Å². The summed E-state index contributed by atoms with van der Waals surface area (Å²) in [6, 6.07) is 15.3. The van der Waals surface area contributed by atoms with Gasteiger partial charge in [0.1, 0.15) is 12.2 Å². The van der Waals surface area contributed by atoms with Crippen molar-refractivity contribution in [2.75, 3.05) is 11.5 Å². The molecule has 1 aliphatic heterocycles. The predicted octanol–water partition coefficient (Wildman–Crippen LogP) is 6.36. The first kappa shape index (κ1) is 26.4. The van der Waals surface area contributed by atoms with Crippen LogP contribution in [-0.4, -0.2) is 24.5 Å². The molecule has 1 N–H and O–H groups in total. The number of rotatable bonds is 7. The quantitative estimate of drug-likeness (QED) is 0.258. The standard InChI is InChI=1S/C28H24BrClN2O5/c1-4-36-24-14-18(13-21(29)25(24)37-15-19-7-5-6-8-22(19)30)12-20-26(33)31-28(35)32(27(20)34)23-10-9-16(2)11-17(23)3/h5-14H,4,15H2,1-3H3,(H,31,33,35)/b20-12+. The Morgan fingerprint density at radius 2 is 1.78 bits per heavy atom. The SMILES string of the molecule is CCOc1cc(/C=C2\C(=O)NC(=O)N(c3ccc(C)cc3C)C2=O)cc(Br)c1OCc1ccccc1Cl. The molecule has 0 saturated carbocycles. The van der Waals surface area contributed by atoms with E-state index in [2.05, 4.69) is 21.2 Å². The van der Waals surface area contributed by atoms with Crippen LogP contribution in [0.2, 0.25) is 5.02 Å². The third-order valence-corrected chi connectivity index (χ3v) is 6.63. The second-order valence-corrected chi connectivity index (χ2v) is 9.65. The van der Waals surface area contributed by atoms with E-state index >= 15 is 0 Å². The molecule has 37 heavy (non-hydrogen) atoms. The van der Waals surface area contributed by atoms with Crippen LogP contribution in [0.25, 0.3) is 6.08 Å². The molecule has 4 amide bonds. The lowest BCUT2D eigenvalue weighted by molar-refractivity contribution is -0.122. The molecule has 1 aliphatic rings. The number of hydrogen-bond donors (Lipinski definition) is 1. The molecular weight excluding hydrogens is 560 g/mol. The van der Waals surface area contributed by atoms with Crippen molar-refractivity contribution in [3.63, 3.8) is 0 Å². The number of benzene rings is 3. The van der Waals surface area contributed by atoms with Crippen molar-refractivity contribution in [3.05, 3.63) is 91.9 Å². The van der Waals surface area contributed by atoms with Gasteiger partial charge < -0.3 is 9.47 Å². The van der Waals surface area contributed by atoms with Gasteiger partial charge in [0.25, 0.3) is 11.8 Å². The first-order valence-corrected chi connectivity index (χ1v) is 12.7. The zero-order valence-electron chi connectivity index (χ0n) is 20.4. The number of nitrogens with one attached hydrogen (secondary N) is 1. The summed E-state index contributed by atoms with van der Waals surface area (Å²) >= 11 is 9.76. The zero-order chi connectivity index (χ0) is 26.7. The molecule has 0 atom stereocenters. The monoisotopic (exact) mass is 582 g/mol. The Labute approximate surface area is 228 Å². The number of anilines is 1. The van der Waals surface area contributed by atoms with E-state index < -0.39 is 17.8 Å². The third kappa shape index (κ3) is 5.70. The molecule has 1 heterocycles. The van der Waals surface area contributed by atoms with Gasteiger partial charge in [-0.25, -0.2) is 9.69 Å². The van der Waals surface area contributed by atoms with Crippen LogP contribution in [0.5, 0.6) is 11.5 Å². The Bertz CT molecular complexity index is 1440. The highest BCUT2D eigenvalue weighted by Crippen LogP contribution is 2.38. The highest BCUT2D eigenvalue weighted by atomic mass is 79.9. The van der Waals surface area contributed by atoms with Crippen LogP contribution >= 0.6 is 27.5 Å². The smallest absolute Gasteiger partial charge is 0.335 e. The maximum absolute atomic E-state index is 13.3. The van der Waals surface area contributed by atoms with Crippen molar-refractivity contribution in [1.29, 1.82) is 0 Å². The van der Waals surface area contributed by atoms with Crippen molar-refractivity contribution in [2.24, 2.45) is 0 Å². The molecule has 1 saturated heterocycles. The van der Waals surface area contributed by atoms with E-state index in [1.54, 1.807) is 37.3 Å². The van der Waals surface area contributed by atoms with Crippen LogP contribution in [0.15, 0.2) is 64.6 Å². The molecule has 7 nitrogen and oxygen atoms in total. The summed E-state index contributed by atoms with van der Waals surface area (Å²) in [5.74, 6) is -0.616. The van der Waals surface area contributed by atoms with Crippen LogP contribution < -0.4 is 19.7 Å². The lowest BCUT2D eigenvalue weighted by Gasteiger charge is -2.27. The Hall–Kier alpha value is -3.62. The average Bonchev–Trinajstić information content (AvgIpc) is 2.83. The second kappa shape index (κ2) is 11.2. The van der Waals surface area contributed by atoms with Crippen molar-refractivity contribution in [3.8, 4) is 11.5 Å². The van der Waals surface area contributed by atoms with Gasteiger partial charge in [0.05, 0.1) is 16.8 Å². The second-order valence-electron chi connectivity index (χ2n) is 8.39. The molecular formula is C28H24BrClN2O5. The number of carbonyl (C=O) groups is 3. The minimum absolute atomic E-state index is 0.182. The minimum atomic E-state index is -0.793. The van der Waals surface area contributed by atoms with Gasteiger partial charge in [-0.1, -0.05) is 47.5 Å². The van der Waals surface area contributed by atoms with Gasteiger partial charge in [0, 0.05) is 10.6 Å². The van der Waals surface area contributed by atoms with Crippen LogP contribution in [0.3, 0.4) is 0 Å². The molecule has 190 valence electrons. The maximum atomic E-state index is 13.3. The van der Waals surface area contributed by atoms with E-state index in [0.29, 0.717) is 38.9 Å². The molecule has 1 fully saturated rings. The normalized spacial score (nSPS) is 14.7. The number of barbiturate groups is 1. The topological polar surface area (TPSA) is 84.9 Å². The minimum Gasteiger partial charge on any atom is -0.490 e. The fourth-order valence-corrected chi connectivity index (χ4v) is 4.70. The molecule has 0 unspecified atom stereocenters. The number of nitrogens with zero attached hydrogens (tertiary/aromatic N) is 1. The summed E-state index contributed by atoms with van der Waals surface area (Å²) < 4.78 is 12.4. The largest absolute Gasteiger partial charge is 0.490 e. The Balaban J connectivity index is 1.68. The Morgan fingerprint density at radius 1 is 1.03 bits per heavy atom. The molecule has 3 aromatic rings. The van der Waals surface area contributed by atoms with Gasteiger partial charge in [0.2, 0.25) is 0 Å². The predicted molar refractivity (Wildman–Crippen MR) is 146 cm³/mol. The van der Waals surface area contributed by atoms with Crippen LogP contribution in [-0.2, 0) is 16.2 Å². The molecule has 0 bridgehead atoms. The van der Waals surface area contributed by atoms with E-state index in [9.17, 15) is 14.4 Å². The summed E-state index contributed by atoms with van der Waals surface area (Å²) in [6.45, 7) is 6.13. The number of halogens is 2. The highest BCUT2D eigenvalue weighted by molar-refractivity contribution is 9.10. The molecule has 0 aliphatic carbocycles. The average molecular weight is 584 g/mol. The molecule has 4 rings (SSSR count).